The highest BCUT2D eigenvalue weighted by Gasteiger charge is 2.37. The van der Waals surface area contributed by atoms with Crippen LogP contribution in [0.25, 0.3) is 11.0 Å². The summed E-state index contributed by atoms with van der Waals surface area (Å²) in [4.78, 5) is 16.3. The fourth-order valence-electron chi connectivity index (χ4n) is 3.12. The van der Waals surface area contributed by atoms with Crippen LogP contribution in [0.3, 0.4) is 0 Å². The topological polar surface area (TPSA) is 59.3 Å². The van der Waals surface area contributed by atoms with Gasteiger partial charge in [-0.15, -0.1) is 0 Å². The van der Waals surface area contributed by atoms with Crippen molar-refractivity contribution in [2.24, 2.45) is 16.9 Å². The fraction of sp³-hybridized carbons (Fsp3) is 0.312. The van der Waals surface area contributed by atoms with Crippen molar-refractivity contribution in [1.82, 2.24) is 15.0 Å². The molecule has 0 aliphatic heterocycles. The Bertz CT molecular complexity index is 758. The van der Waals surface area contributed by atoms with Gasteiger partial charge in [-0.2, -0.15) is 5.10 Å². The van der Waals surface area contributed by atoms with Gasteiger partial charge in [0, 0.05) is 11.6 Å². The molecule has 5 nitrogen and oxygen atoms in total. The van der Waals surface area contributed by atoms with Gasteiger partial charge in [0.05, 0.1) is 17.4 Å². The van der Waals surface area contributed by atoms with E-state index in [0.717, 1.165) is 29.6 Å². The molecule has 2 atom stereocenters. The molecule has 1 aromatic carbocycles. The lowest BCUT2D eigenvalue weighted by Crippen LogP contribution is -2.36. The van der Waals surface area contributed by atoms with E-state index in [0.29, 0.717) is 11.8 Å². The van der Waals surface area contributed by atoms with E-state index in [2.05, 4.69) is 27.7 Å². The molecule has 0 saturated heterocycles. The molecule has 1 fully saturated rings. The smallest absolute Gasteiger partial charge is 0.260 e. The van der Waals surface area contributed by atoms with E-state index in [1.54, 1.807) is 6.33 Å². The normalized spacial score (nSPS) is 25.0. The van der Waals surface area contributed by atoms with Crippen molar-refractivity contribution in [3.63, 3.8) is 0 Å². The number of benzene rings is 1. The first-order valence-electron chi connectivity index (χ1n) is 7.23. The summed E-state index contributed by atoms with van der Waals surface area (Å²) in [5.41, 5.74) is 5.65. The van der Waals surface area contributed by atoms with Crippen molar-refractivity contribution < 1.29 is 4.79 Å². The zero-order valence-corrected chi connectivity index (χ0v) is 11.6. The number of carbonyl (C=O) groups is 1. The second kappa shape index (κ2) is 4.84. The number of rotatable bonds is 3. The zero-order valence-electron chi connectivity index (χ0n) is 11.6. The molecule has 1 heterocycles. The fourth-order valence-corrected chi connectivity index (χ4v) is 3.12. The van der Waals surface area contributed by atoms with Gasteiger partial charge in [-0.05, 0) is 30.9 Å². The predicted molar refractivity (Wildman–Crippen MR) is 80.7 cm³/mol. The lowest BCUT2D eigenvalue weighted by Gasteiger charge is -2.31. The molecule has 1 amide bonds. The number of imidazole rings is 1. The average molecular weight is 280 g/mol. The first kappa shape index (κ1) is 12.3. The molecule has 2 unspecified atom stereocenters. The Morgan fingerprint density at radius 1 is 1.43 bits per heavy atom. The number of fused-ring (bicyclic) bond motifs is 2. The van der Waals surface area contributed by atoms with Crippen molar-refractivity contribution in [3.05, 3.63) is 42.7 Å². The number of allylic oxidation sites excluding steroid dienone is 2. The van der Waals surface area contributed by atoms with Gasteiger partial charge in [0.1, 0.15) is 6.54 Å². The van der Waals surface area contributed by atoms with E-state index in [1.807, 2.05) is 28.8 Å². The number of para-hydroxylation sites is 2. The molecule has 1 saturated carbocycles. The molecular weight excluding hydrogens is 264 g/mol. The second-order valence-electron chi connectivity index (χ2n) is 5.64. The summed E-state index contributed by atoms with van der Waals surface area (Å²) >= 11 is 0. The largest absolute Gasteiger partial charge is 0.321 e. The second-order valence-corrected chi connectivity index (χ2v) is 5.64. The third-order valence-corrected chi connectivity index (χ3v) is 4.33. The Kier molecular flexibility index (Phi) is 2.84. The Morgan fingerprint density at radius 3 is 3.24 bits per heavy atom. The van der Waals surface area contributed by atoms with Gasteiger partial charge in [-0.1, -0.05) is 24.3 Å². The third-order valence-electron chi connectivity index (χ3n) is 4.33. The summed E-state index contributed by atoms with van der Waals surface area (Å²) < 4.78 is 1.84. The number of nitrogens with one attached hydrogen (secondary N) is 1. The van der Waals surface area contributed by atoms with Crippen LogP contribution in [0.1, 0.15) is 12.8 Å². The SMILES string of the molecule is O=C(Cn1cnc2ccccc21)N/N=C1\CC2C=CCC12. The summed E-state index contributed by atoms with van der Waals surface area (Å²) in [6, 6.07) is 7.78. The lowest BCUT2D eigenvalue weighted by molar-refractivity contribution is -0.121. The maximum Gasteiger partial charge on any atom is 0.260 e. The van der Waals surface area contributed by atoms with E-state index in [1.165, 1.54) is 0 Å². The molecule has 106 valence electrons. The van der Waals surface area contributed by atoms with E-state index in [-0.39, 0.29) is 12.5 Å². The number of hydrogen-bond donors (Lipinski definition) is 1. The molecule has 0 spiro atoms. The first-order chi connectivity index (χ1) is 10.3. The molecule has 0 bridgehead atoms. The van der Waals surface area contributed by atoms with Crippen LogP contribution in [-0.4, -0.2) is 21.2 Å². The molecule has 2 aliphatic carbocycles. The summed E-state index contributed by atoms with van der Waals surface area (Å²) in [6.07, 6.45) is 8.19. The van der Waals surface area contributed by atoms with Crippen LogP contribution in [0, 0.1) is 11.8 Å². The Labute approximate surface area is 122 Å². The van der Waals surface area contributed by atoms with Crippen LogP contribution in [0.5, 0.6) is 0 Å². The average Bonchev–Trinajstić information content (AvgIpc) is 3.04. The molecule has 21 heavy (non-hydrogen) atoms. The van der Waals surface area contributed by atoms with E-state index in [9.17, 15) is 4.79 Å². The van der Waals surface area contributed by atoms with Gasteiger partial charge < -0.3 is 4.57 Å². The van der Waals surface area contributed by atoms with Crippen LogP contribution in [0.2, 0.25) is 0 Å². The van der Waals surface area contributed by atoms with Crippen LogP contribution in [-0.2, 0) is 11.3 Å². The van der Waals surface area contributed by atoms with Crippen molar-refractivity contribution >= 4 is 22.7 Å². The van der Waals surface area contributed by atoms with Crippen molar-refractivity contribution in [2.45, 2.75) is 19.4 Å². The maximum absolute atomic E-state index is 12.0. The number of hydrogen-bond acceptors (Lipinski definition) is 3. The Balaban J connectivity index is 1.41. The standard InChI is InChI=1S/C16H16N4O/c21-16(19-18-14-8-11-4-3-5-12(11)14)9-20-10-17-13-6-1-2-7-15(13)20/h1-4,6-7,10-12H,5,8-9H2,(H,19,21)/b18-14+. The zero-order chi connectivity index (χ0) is 14.2. The van der Waals surface area contributed by atoms with E-state index in [4.69, 9.17) is 0 Å². The van der Waals surface area contributed by atoms with Crippen LogP contribution < -0.4 is 5.43 Å². The predicted octanol–water partition coefficient (Wildman–Crippen LogP) is 2.10. The lowest BCUT2D eigenvalue weighted by atomic mass is 9.74. The molecule has 2 aromatic rings. The molecule has 1 N–H and O–H groups in total. The summed E-state index contributed by atoms with van der Waals surface area (Å²) in [6.45, 7) is 0.240. The minimum Gasteiger partial charge on any atom is -0.321 e. The molecule has 5 heteroatoms. The number of hydrazone groups is 1. The van der Waals surface area contributed by atoms with Crippen molar-refractivity contribution in [1.29, 1.82) is 0 Å². The van der Waals surface area contributed by atoms with E-state index >= 15 is 0 Å². The van der Waals surface area contributed by atoms with Crippen LogP contribution in [0.15, 0.2) is 47.8 Å². The number of amides is 1. The highest BCUT2D eigenvalue weighted by atomic mass is 16.2. The van der Waals surface area contributed by atoms with Gasteiger partial charge >= 0.3 is 0 Å². The number of carbonyl (C=O) groups excluding carboxylic acids is 1. The quantitative estimate of drug-likeness (QED) is 0.691. The summed E-state index contributed by atoms with van der Waals surface area (Å²) in [5.74, 6) is 1.07. The molecule has 0 radical (unpaired) electrons. The molecule has 1 aromatic heterocycles. The van der Waals surface area contributed by atoms with Gasteiger partial charge in [0.15, 0.2) is 0 Å². The van der Waals surface area contributed by atoms with Gasteiger partial charge in [-0.3, -0.25) is 4.79 Å². The number of nitrogens with zero attached hydrogens (tertiary/aromatic N) is 3. The monoisotopic (exact) mass is 280 g/mol. The Hall–Kier alpha value is -2.43. The minimum atomic E-state index is -0.111. The van der Waals surface area contributed by atoms with Crippen LogP contribution >= 0.6 is 0 Å². The molecule has 2 aliphatic rings. The Morgan fingerprint density at radius 2 is 2.33 bits per heavy atom. The first-order valence-corrected chi connectivity index (χ1v) is 7.23. The van der Waals surface area contributed by atoms with Crippen molar-refractivity contribution in [2.75, 3.05) is 0 Å². The van der Waals surface area contributed by atoms with Gasteiger partial charge in [0.25, 0.3) is 5.91 Å². The summed E-state index contributed by atoms with van der Waals surface area (Å²) in [7, 11) is 0. The van der Waals surface area contributed by atoms with Crippen LogP contribution in [0.4, 0.5) is 0 Å². The van der Waals surface area contributed by atoms with Gasteiger partial charge in [-0.25, -0.2) is 10.4 Å². The van der Waals surface area contributed by atoms with E-state index < -0.39 is 0 Å². The van der Waals surface area contributed by atoms with Gasteiger partial charge in [0.2, 0.25) is 0 Å². The maximum atomic E-state index is 12.0. The molecule has 4 rings (SSSR count). The third kappa shape index (κ3) is 2.14. The number of aromatic nitrogens is 2. The summed E-state index contributed by atoms with van der Waals surface area (Å²) in [5, 5.41) is 4.28. The van der Waals surface area contributed by atoms with Crippen molar-refractivity contribution in [3.8, 4) is 0 Å². The minimum absolute atomic E-state index is 0.111. The molecular formula is C16H16N4O. The highest BCUT2D eigenvalue weighted by Crippen LogP contribution is 2.39. The highest BCUT2D eigenvalue weighted by molar-refractivity contribution is 5.94.